The number of fused-ring (bicyclic) bond motifs is 10. The molecule has 2 unspecified atom stereocenters. The van der Waals surface area contributed by atoms with Gasteiger partial charge in [-0.15, -0.1) is 11.3 Å². The molecule has 0 aliphatic heterocycles. The maximum Gasteiger partial charge on any atom is 0.0619 e. The van der Waals surface area contributed by atoms with Crippen molar-refractivity contribution >= 4 is 80.4 Å². The van der Waals surface area contributed by atoms with Gasteiger partial charge in [0.1, 0.15) is 0 Å². The van der Waals surface area contributed by atoms with E-state index in [0.29, 0.717) is 0 Å². The zero-order valence-corrected chi connectivity index (χ0v) is 36.8. The number of para-hydroxylation sites is 1. The van der Waals surface area contributed by atoms with E-state index in [-0.39, 0.29) is 11.8 Å². The molecule has 2 heterocycles. The van der Waals surface area contributed by atoms with Crippen molar-refractivity contribution in [1.29, 1.82) is 0 Å². The van der Waals surface area contributed by atoms with Crippen molar-refractivity contribution in [2.45, 2.75) is 5.92 Å². The zero-order valence-electron chi connectivity index (χ0n) is 36.0. The molecular formula is C64H41NS. The molecule has 2 aliphatic rings. The number of hydrogen-bond donors (Lipinski definition) is 0. The van der Waals surface area contributed by atoms with Crippen molar-refractivity contribution in [2.24, 2.45) is 5.92 Å². The van der Waals surface area contributed by atoms with Gasteiger partial charge in [-0.1, -0.05) is 200 Å². The topological polar surface area (TPSA) is 4.93 Å². The second-order valence-corrected chi connectivity index (χ2v) is 18.9. The number of aromatic nitrogens is 1. The summed E-state index contributed by atoms with van der Waals surface area (Å²) in [6.45, 7) is 0. The van der Waals surface area contributed by atoms with E-state index < -0.39 is 0 Å². The first-order valence-electron chi connectivity index (χ1n) is 23.0. The highest BCUT2D eigenvalue weighted by Gasteiger charge is 2.35. The van der Waals surface area contributed by atoms with Crippen LogP contribution in [0.3, 0.4) is 0 Å². The second kappa shape index (κ2) is 14.8. The molecular weight excluding hydrogens is 815 g/mol. The van der Waals surface area contributed by atoms with Crippen LogP contribution in [0.25, 0.3) is 97.0 Å². The van der Waals surface area contributed by atoms with E-state index in [1.807, 2.05) is 11.3 Å². The van der Waals surface area contributed by atoms with Gasteiger partial charge in [0.2, 0.25) is 0 Å². The monoisotopic (exact) mass is 855 g/mol. The van der Waals surface area contributed by atoms with Crippen molar-refractivity contribution in [3.05, 3.63) is 264 Å². The van der Waals surface area contributed by atoms with Crippen LogP contribution in [-0.4, -0.2) is 4.57 Å². The molecule has 0 N–H and O–H groups in total. The Morgan fingerprint density at radius 2 is 1.03 bits per heavy atom. The summed E-state index contributed by atoms with van der Waals surface area (Å²) in [5.74, 6) is 0.534. The van der Waals surface area contributed by atoms with Gasteiger partial charge in [0.15, 0.2) is 0 Å². The van der Waals surface area contributed by atoms with E-state index in [4.69, 9.17) is 0 Å². The molecule has 14 rings (SSSR count). The van der Waals surface area contributed by atoms with E-state index in [1.165, 1.54) is 125 Å². The largest absolute Gasteiger partial charge is 0.308 e. The third-order valence-corrected chi connectivity index (χ3v) is 15.5. The number of hydrogen-bond acceptors (Lipinski definition) is 1. The molecule has 0 saturated heterocycles. The lowest BCUT2D eigenvalue weighted by Crippen LogP contribution is -2.22. The van der Waals surface area contributed by atoms with Crippen LogP contribution in [0.2, 0.25) is 0 Å². The third kappa shape index (κ3) is 5.59. The lowest BCUT2D eigenvalue weighted by molar-refractivity contribution is 0.649. The molecule has 12 aromatic rings. The first kappa shape index (κ1) is 37.3. The summed E-state index contributed by atoms with van der Waals surface area (Å²) in [5, 5.41) is 10.1. The highest BCUT2D eigenvalue weighted by molar-refractivity contribution is 7.25. The normalized spacial score (nSPS) is 15.7. The standard InChI is InChI=1S/C64H41NS/c1-3-17-40(18-4-1)42-32-35-58-55(37-42)45-21-15-16-30-57(45)65(58)64-53-28-13-11-26-51(53)62(52-27-12-14-29-54(52)64)43-33-36-59-56(38-43)46-34-31-44(39-60(46)66-59)63-49-24-9-7-22-47(49)61(41-19-5-2-6-20-41)48-23-8-10-25-50(48)63/h1-39,47,61H. The van der Waals surface area contributed by atoms with Gasteiger partial charge in [0.25, 0.3) is 0 Å². The van der Waals surface area contributed by atoms with Crippen LogP contribution >= 0.6 is 11.3 Å². The summed E-state index contributed by atoms with van der Waals surface area (Å²) in [4.78, 5) is 0. The summed E-state index contributed by atoms with van der Waals surface area (Å²) >= 11 is 1.90. The van der Waals surface area contributed by atoms with Gasteiger partial charge in [-0.2, -0.15) is 0 Å². The fourth-order valence-corrected chi connectivity index (χ4v) is 12.7. The highest BCUT2D eigenvalue weighted by atomic mass is 32.1. The molecule has 0 radical (unpaired) electrons. The average molecular weight is 856 g/mol. The highest BCUT2D eigenvalue weighted by Crippen LogP contribution is 2.51. The molecule has 0 spiro atoms. The first-order chi connectivity index (χ1) is 32.8. The van der Waals surface area contributed by atoms with Crippen LogP contribution in [0.4, 0.5) is 0 Å². The van der Waals surface area contributed by atoms with Crippen molar-refractivity contribution in [1.82, 2.24) is 4.57 Å². The van der Waals surface area contributed by atoms with Gasteiger partial charge in [0.05, 0.1) is 16.7 Å². The van der Waals surface area contributed by atoms with Crippen LogP contribution < -0.4 is 0 Å². The summed E-state index contributed by atoms with van der Waals surface area (Å²) in [6.07, 6.45) is 9.21. The maximum atomic E-state index is 2.52. The summed E-state index contributed by atoms with van der Waals surface area (Å²) < 4.78 is 5.14. The zero-order chi connectivity index (χ0) is 43.3. The number of rotatable bonds is 5. The third-order valence-electron chi connectivity index (χ3n) is 14.4. The minimum absolute atomic E-state index is 0.265. The van der Waals surface area contributed by atoms with Crippen molar-refractivity contribution in [3.8, 4) is 27.9 Å². The minimum Gasteiger partial charge on any atom is -0.308 e. The summed E-state index contributed by atoms with van der Waals surface area (Å²) in [7, 11) is 0. The predicted molar refractivity (Wildman–Crippen MR) is 282 cm³/mol. The quantitative estimate of drug-likeness (QED) is 0.152. The number of allylic oxidation sites excluding steroid dienone is 5. The van der Waals surface area contributed by atoms with E-state index >= 15 is 0 Å². The van der Waals surface area contributed by atoms with Gasteiger partial charge < -0.3 is 4.57 Å². The van der Waals surface area contributed by atoms with Gasteiger partial charge in [-0.25, -0.2) is 0 Å². The Hall–Kier alpha value is -8.04. The van der Waals surface area contributed by atoms with Crippen LogP contribution in [0.1, 0.15) is 28.2 Å². The van der Waals surface area contributed by atoms with Crippen molar-refractivity contribution < 1.29 is 0 Å². The van der Waals surface area contributed by atoms with Gasteiger partial charge in [0, 0.05) is 53.6 Å². The molecule has 308 valence electrons. The Kier molecular flexibility index (Phi) is 8.35. The molecule has 0 fully saturated rings. The Bertz CT molecular complexity index is 3990. The summed E-state index contributed by atoms with van der Waals surface area (Å²) in [5.41, 5.74) is 16.7. The Labute approximate surface area is 387 Å². The van der Waals surface area contributed by atoms with Gasteiger partial charge in [-0.05, 0) is 103 Å². The van der Waals surface area contributed by atoms with Crippen molar-refractivity contribution in [3.63, 3.8) is 0 Å². The Balaban J connectivity index is 0.942. The molecule has 0 amide bonds. The molecule has 2 aliphatic carbocycles. The van der Waals surface area contributed by atoms with Gasteiger partial charge in [-0.3, -0.25) is 0 Å². The number of thiophene rings is 1. The molecule has 0 bridgehead atoms. The minimum atomic E-state index is 0.265. The average Bonchev–Trinajstić information content (AvgIpc) is 3.92. The number of nitrogens with zero attached hydrogens (tertiary/aromatic N) is 1. The van der Waals surface area contributed by atoms with E-state index in [9.17, 15) is 0 Å². The van der Waals surface area contributed by atoms with Crippen LogP contribution in [-0.2, 0) is 0 Å². The first-order valence-corrected chi connectivity index (χ1v) is 23.8. The van der Waals surface area contributed by atoms with E-state index in [2.05, 4.69) is 241 Å². The maximum absolute atomic E-state index is 2.52. The number of benzene rings is 10. The lowest BCUT2D eigenvalue weighted by Gasteiger charge is -2.36. The second-order valence-electron chi connectivity index (χ2n) is 17.9. The van der Waals surface area contributed by atoms with Gasteiger partial charge >= 0.3 is 0 Å². The van der Waals surface area contributed by atoms with Crippen LogP contribution in [0.15, 0.2) is 242 Å². The predicted octanol–water partition coefficient (Wildman–Crippen LogP) is 17.5. The Morgan fingerprint density at radius 1 is 0.394 bits per heavy atom. The SMILES string of the molecule is C1=CC2=C(c3ccc4c(c3)sc3ccc(-c5c6ccccc6c(-n6c7ccccc7c7cc(-c8ccccc8)ccc76)c6ccccc56)cc34)c3ccccc3C(c3ccccc3)C2C=C1. The van der Waals surface area contributed by atoms with E-state index in [0.717, 1.165) is 0 Å². The molecule has 2 aromatic heterocycles. The van der Waals surface area contributed by atoms with Crippen LogP contribution in [0.5, 0.6) is 0 Å². The van der Waals surface area contributed by atoms with E-state index in [1.54, 1.807) is 0 Å². The molecule has 10 aromatic carbocycles. The fourth-order valence-electron chi connectivity index (χ4n) is 11.6. The lowest BCUT2D eigenvalue weighted by atomic mass is 9.66. The Morgan fingerprint density at radius 3 is 1.83 bits per heavy atom. The molecule has 66 heavy (non-hydrogen) atoms. The molecule has 2 heteroatoms. The molecule has 2 atom stereocenters. The summed E-state index contributed by atoms with van der Waals surface area (Å²) in [6, 6.07) is 79.2. The smallest absolute Gasteiger partial charge is 0.0619 e. The molecule has 1 nitrogen and oxygen atoms in total. The van der Waals surface area contributed by atoms with Crippen LogP contribution in [0, 0.1) is 5.92 Å². The fraction of sp³-hybridized carbons (Fsp3) is 0.0312. The molecule has 0 saturated carbocycles. The van der Waals surface area contributed by atoms with Crippen molar-refractivity contribution in [2.75, 3.05) is 0 Å².